The van der Waals surface area contributed by atoms with Gasteiger partial charge in [0.25, 0.3) is 5.91 Å². The number of carbonyl (C=O) groups excluding carboxylic acids is 2. The smallest absolute Gasteiger partial charge is 0.265 e. The standard InChI is InChI=1S/C32H34N4O3/c1-3-28(37)35-16-14-32(15-17-35)21-34(22-32)19-23-10-12-25(13-11-23)30-26(24-8-6-5-7-9-24)18-27-31(33-30)39-20-29(38)36(27)4-2/h3,5-13,18H,1,4,14-17,19-22H2,2H3. The van der Waals surface area contributed by atoms with Crippen LogP contribution in [0, 0.1) is 5.41 Å². The Balaban J connectivity index is 1.19. The summed E-state index contributed by atoms with van der Waals surface area (Å²) in [6.07, 6.45) is 3.56. The number of pyridine rings is 1. The van der Waals surface area contributed by atoms with Gasteiger partial charge in [0.2, 0.25) is 11.8 Å². The minimum absolute atomic E-state index is 0.0107. The molecule has 7 heteroatoms. The number of piperidine rings is 1. The van der Waals surface area contributed by atoms with Gasteiger partial charge >= 0.3 is 0 Å². The highest BCUT2D eigenvalue weighted by Gasteiger charge is 2.44. The van der Waals surface area contributed by atoms with Crippen LogP contribution in [0.4, 0.5) is 5.69 Å². The molecule has 3 aliphatic heterocycles. The Morgan fingerprint density at radius 1 is 1.05 bits per heavy atom. The van der Waals surface area contributed by atoms with Crippen molar-refractivity contribution in [3.8, 4) is 28.3 Å². The lowest BCUT2D eigenvalue weighted by molar-refractivity contribution is -0.131. The predicted molar refractivity (Wildman–Crippen MR) is 152 cm³/mol. The van der Waals surface area contributed by atoms with Gasteiger partial charge in [-0.15, -0.1) is 0 Å². The quantitative estimate of drug-likeness (QED) is 0.437. The van der Waals surface area contributed by atoms with Crippen molar-refractivity contribution in [2.75, 3.05) is 44.2 Å². The second kappa shape index (κ2) is 10.3. The second-order valence-corrected chi connectivity index (χ2v) is 10.9. The van der Waals surface area contributed by atoms with E-state index in [-0.39, 0.29) is 18.4 Å². The number of ether oxygens (including phenoxy) is 1. The number of hydrogen-bond acceptors (Lipinski definition) is 5. The molecule has 1 spiro atoms. The van der Waals surface area contributed by atoms with Crippen molar-refractivity contribution < 1.29 is 14.3 Å². The highest BCUT2D eigenvalue weighted by Crippen LogP contribution is 2.42. The van der Waals surface area contributed by atoms with E-state index in [4.69, 9.17) is 9.72 Å². The highest BCUT2D eigenvalue weighted by molar-refractivity contribution is 5.99. The van der Waals surface area contributed by atoms with Crippen LogP contribution in [0.3, 0.4) is 0 Å². The van der Waals surface area contributed by atoms with E-state index in [0.29, 0.717) is 17.8 Å². The summed E-state index contributed by atoms with van der Waals surface area (Å²) in [6, 6.07) is 20.8. The molecule has 3 aliphatic rings. The summed E-state index contributed by atoms with van der Waals surface area (Å²) in [5.41, 5.74) is 6.23. The van der Waals surface area contributed by atoms with Gasteiger partial charge in [-0.25, -0.2) is 4.98 Å². The Morgan fingerprint density at radius 2 is 1.77 bits per heavy atom. The first-order chi connectivity index (χ1) is 19.0. The van der Waals surface area contributed by atoms with E-state index in [0.717, 1.165) is 73.6 Å². The lowest BCUT2D eigenvalue weighted by Gasteiger charge is -2.54. The van der Waals surface area contributed by atoms with Gasteiger partial charge in [0.15, 0.2) is 6.61 Å². The van der Waals surface area contributed by atoms with Crippen LogP contribution in [-0.4, -0.2) is 65.9 Å². The Kier molecular flexibility index (Phi) is 6.69. The van der Waals surface area contributed by atoms with Crippen molar-refractivity contribution in [2.24, 2.45) is 5.41 Å². The van der Waals surface area contributed by atoms with Gasteiger partial charge in [0, 0.05) is 50.4 Å². The van der Waals surface area contributed by atoms with Crippen LogP contribution in [0.5, 0.6) is 5.88 Å². The third-order valence-corrected chi connectivity index (χ3v) is 8.36. The lowest BCUT2D eigenvalue weighted by atomic mass is 9.72. The molecule has 2 aromatic carbocycles. The van der Waals surface area contributed by atoms with Crippen molar-refractivity contribution in [3.63, 3.8) is 0 Å². The zero-order chi connectivity index (χ0) is 27.0. The first-order valence-corrected chi connectivity index (χ1v) is 13.8. The van der Waals surface area contributed by atoms with E-state index in [1.807, 2.05) is 36.1 Å². The fourth-order valence-corrected chi connectivity index (χ4v) is 6.22. The number of benzene rings is 2. The first kappa shape index (κ1) is 25.3. The summed E-state index contributed by atoms with van der Waals surface area (Å²) < 4.78 is 5.76. The average Bonchev–Trinajstić information content (AvgIpc) is 2.96. The Morgan fingerprint density at radius 3 is 2.44 bits per heavy atom. The third-order valence-electron chi connectivity index (χ3n) is 8.36. The van der Waals surface area contributed by atoms with E-state index in [9.17, 15) is 9.59 Å². The highest BCUT2D eigenvalue weighted by atomic mass is 16.5. The van der Waals surface area contributed by atoms with Crippen LogP contribution in [-0.2, 0) is 16.1 Å². The molecule has 2 fully saturated rings. The summed E-state index contributed by atoms with van der Waals surface area (Å²) in [7, 11) is 0. The monoisotopic (exact) mass is 522 g/mol. The number of likely N-dealkylation sites (tertiary alicyclic amines) is 2. The maximum absolute atomic E-state index is 12.4. The van der Waals surface area contributed by atoms with Crippen molar-refractivity contribution in [1.29, 1.82) is 0 Å². The summed E-state index contributed by atoms with van der Waals surface area (Å²) in [5, 5.41) is 0. The molecule has 1 aromatic heterocycles. The van der Waals surface area contributed by atoms with Crippen molar-refractivity contribution >= 4 is 17.5 Å². The molecule has 6 rings (SSSR count). The summed E-state index contributed by atoms with van der Waals surface area (Å²) in [5.74, 6) is 0.501. The molecule has 0 radical (unpaired) electrons. The molecule has 200 valence electrons. The molecule has 0 unspecified atom stereocenters. The van der Waals surface area contributed by atoms with Crippen LogP contribution in [0.15, 0.2) is 73.3 Å². The van der Waals surface area contributed by atoms with Crippen molar-refractivity contribution in [1.82, 2.24) is 14.8 Å². The molecule has 3 aromatic rings. The average molecular weight is 523 g/mol. The molecule has 2 saturated heterocycles. The fourth-order valence-electron chi connectivity index (χ4n) is 6.22. The van der Waals surface area contributed by atoms with Gasteiger partial charge in [0.05, 0.1) is 5.69 Å². The Hall–Kier alpha value is -3.97. The number of anilines is 1. The largest absolute Gasteiger partial charge is 0.466 e. The van der Waals surface area contributed by atoms with E-state index < -0.39 is 0 Å². The van der Waals surface area contributed by atoms with Gasteiger partial charge in [-0.2, -0.15) is 0 Å². The van der Waals surface area contributed by atoms with E-state index in [2.05, 4.69) is 47.9 Å². The minimum Gasteiger partial charge on any atom is -0.466 e. The normalized spacial score (nSPS) is 18.3. The molecule has 0 bridgehead atoms. The number of rotatable bonds is 6. The number of carbonyl (C=O) groups is 2. The summed E-state index contributed by atoms with van der Waals surface area (Å²) >= 11 is 0. The number of hydrogen-bond donors (Lipinski definition) is 0. The molecule has 4 heterocycles. The molecule has 7 nitrogen and oxygen atoms in total. The maximum Gasteiger partial charge on any atom is 0.265 e. The van der Waals surface area contributed by atoms with Crippen molar-refractivity contribution in [2.45, 2.75) is 26.3 Å². The summed E-state index contributed by atoms with van der Waals surface area (Å²) in [6.45, 7) is 10.9. The molecular formula is C32H34N4O3. The molecular weight excluding hydrogens is 488 g/mol. The third kappa shape index (κ3) is 4.83. The van der Waals surface area contributed by atoms with E-state index >= 15 is 0 Å². The topological polar surface area (TPSA) is 66.0 Å². The zero-order valence-electron chi connectivity index (χ0n) is 22.4. The van der Waals surface area contributed by atoms with Crippen LogP contribution in [0.1, 0.15) is 25.3 Å². The number of aromatic nitrogens is 1. The van der Waals surface area contributed by atoms with Crippen LogP contribution in [0.2, 0.25) is 0 Å². The first-order valence-electron chi connectivity index (χ1n) is 13.8. The van der Waals surface area contributed by atoms with Gasteiger partial charge in [-0.3, -0.25) is 14.5 Å². The number of nitrogens with zero attached hydrogens (tertiary/aromatic N) is 4. The maximum atomic E-state index is 12.4. The number of fused-ring (bicyclic) bond motifs is 1. The van der Waals surface area contributed by atoms with Gasteiger partial charge < -0.3 is 14.5 Å². The SMILES string of the molecule is C=CC(=O)N1CCC2(CC1)CN(Cc1ccc(-c3nc4c(cc3-c3ccccc3)N(CC)C(=O)CO4)cc1)C2. The van der Waals surface area contributed by atoms with Gasteiger partial charge in [0.1, 0.15) is 5.69 Å². The molecule has 2 amide bonds. The molecule has 0 saturated carbocycles. The van der Waals surface area contributed by atoms with Gasteiger partial charge in [-0.05, 0) is 48.4 Å². The van der Waals surface area contributed by atoms with E-state index in [1.165, 1.54) is 11.6 Å². The Bertz CT molecular complexity index is 1390. The second-order valence-electron chi connectivity index (χ2n) is 10.9. The summed E-state index contributed by atoms with van der Waals surface area (Å²) in [4.78, 5) is 35.4. The van der Waals surface area contributed by atoms with Crippen LogP contribution < -0.4 is 9.64 Å². The van der Waals surface area contributed by atoms with Gasteiger partial charge in [-0.1, -0.05) is 61.2 Å². The van der Waals surface area contributed by atoms with Crippen molar-refractivity contribution in [3.05, 3.63) is 78.9 Å². The lowest BCUT2D eigenvalue weighted by Crippen LogP contribution is -2.60. The molecule has 39 heavy (non-hydrogen) atoms. The molecule has 0 N–H and O–H groups in total. The number of amides is 2. The number of likely N-dealkylation sites (N-methyl/N-ethyl adjacent to an activating group) is 1. The molecule has 0 atom stereocenters. The van der Waals surface area contributed by atoms with Crippen LogP contribution >= 0.6 is 0 Å². The van der Waals surface area contributed by atoms with E-state index in [1.54, 1.807) is 4.90 Å². The predicted octanol–water partition coefficient (Wildman–Crippen LogP) is 4.77. The molecule has 0 aliphatic carbocycles. The Labute approximate surface area is 229 Å². The van der Waals surface area contributed by atoms with Crippen LogP contribution in [0.25, 0.3) is 22.4 Å². The fraction of sp³-hybridized carbons (Fsp3) is 0.344. The minimum atomic E-state index is -0.0495. The zero-order valence-corrected chi connectivity index (χ0v) is 22.4.